The molecule has 0 saturated carbocycles. The molecule has 1 aromatic heterocycles. The lowest BCUT2D eigenvalue weighted by atomic mass is 10.3. The van der Waals surface area contributed by atoms with E-state index in [1.165, 1.54) is 11.3 Å². The standard InChI is InChI=1S/C8H5N3OS/c9-4-7-11-8-5(12-10)2-1-3-6(8)13-7/h1-3H,10H2. The number of aromatic nitrogens is 1. The molecule has 0 fully saturated rings. The molecule has 0 atom stereocenters. The van der Waals surface area contributed by atoms with Gasteiger partial charge in [0, 0.05) is 0 Å². The second kappa shape index (κ2) is 3.01. The quantitative estimate of drug-likeness (QED) is 0.692. The van der Waals surface area contributed by atoms with Gasteiger partial charge in [0.05, 0.1) is 4.70 Å². The van der Waals surface area contributed by atoms with Crippen molar-refractivity contribution < 1.29 is 4.84 Å². The van der Waals surface area contributed by atoms with Gasteiger partial charge in [-0.2, -0.15) is 11.2 Å². The fraction of sp³-hybridized carbons (Fsp3) is 0. The van der Waals surface area contributed by atoms with Crippen molar-refractivity contribution in [3.8, 4) is 11.8 Å². The summed E-state index contributed by atoms with van der Waals surface area (Å²) in [7, 11) is 0. The molecule has 0 aliphatic rings. The third-order valence-corrected chi connectivity index (χ3v) is 2.53. The maximum atomic E-state index is 8.63. The number of thiazole rings is 1. The largest absolute Gasteiger partial charge is 0.409 e. The molecular weight excluding hydrogens is 186 g/mol. The first-order valence-corrected chi connectivity index (χ1v) is 4.33. The summed E-state index contributed by atoms with van der Waals surface area (Å²) < 4.78 is 0.902. The monoisotopic (exact) mass is 191 g/mol. The van der Waals surface area contributed by atoms with Crippen LogP contribution >= 0.6 is 11.3 Å². The lowest BCUT2D eigenvalue weighted by molar-refractivity contribution is 0.338. The summed E-state index contributed by atoms with van der Waals surface area (Å²) in [5.41, 5.74) is 0.645. The van der Waals surface area contributed by atoms with Gasteiger partial charge in [-0.15, -0.1) is 11.3 Å². The Kier molecular flexibility index (Phi) is 1.85. The predicted octanol–water partition coefficient (Wildman–Crippen LogP) is 1.42. The Morgan fingerprint density at radius 2 is 2.38 bits per heavy atom. The first-order chi connectivity index (χ1) is 6.35. The summed E-state index contributed by atoms with van der Waals surface area (Å²) in [4.78, 5) is 8.67. The zero-order valence-corrected chi connectivity index (χ0v) is 7.34. The molecule has 0 saturated heterocycles. The van der Waals surface area contributed by atoms with E-state index in [0.717, 1.165) is 4.70 Å². The van der Waals surface area contributed by atoms with Crippen LogP contribution in [0.4, 0.5) is 0 Å². The van der Waals surface area contributed by atoms with Crippen molar-refractivity contribution in [1.29, 1.82) is 5.26 Å². The van der Waals surface area contributed by atoms with Crippen molar-refractivity contribution in [2.24, 2.45) is 5.90 Å². The van der Waals surface area contributed by atoms with Crippen LogP contribution in [0.15, 0.2) is 18.2 Å². The minimum atomic E-state index is 0.416. The second-order valence-corrected chi connectivity index (χ2v) is 3.38. The smallest absolute Gasteiger partial charge is 0.195 e. The molecule has 2 rings (SSSR count). The number of rotatable bonds is 1. The van der Waals surface area contributed by atoms with Crippen molar-refractivity contribution in [2.75, 3.05) is 0 Å². The summed E-state index contributed by atoms with van der Waals surface area (Å²) in [5.74, 6) is 5.54. The van der Waals surface area contributed by atoms with E-state index in [-0.39, 0.29) is 0 Å². The molecule has 13 heavy (non-hydrogen) atoms. The number of benzene rings is 1. The minimum Gasteiger partial charge on any atom is -0.409 e. The lowest BCUT2D eigenvalue weighted by Crippen LogP contribution is -2.01. The normalized spacial score (nSPS) is 9.85. The molecule has 1 aromatic carbocycles. The molecule has 64 valence electrons. The predicted molar refractivity (Wildman–Crippen MR) is 49.2 cm³/mol. The zero-order chi connectivity index (χ0) is 9.26. The van der Waals surface area contributed by atoms with E-state index in [4.69, 9.17) is 11.2 Å². The van der Waals surface area contributed by atoms with Crippen molar-refractivity contribution in [3.05, 3.63) is 23.2 Å². The fourth-order valence-corrected chi connectivity index (χ4v) is 1.85. The van der Waals surface area contributed by atoms with E-state index in [1.54, 1.807) is 6.07 Å². The average Bonchev–Trinajstić information content (AvgIpc) is 2.59. The Hall–Kier alpha value is -1.64. The third kappa shape index (κ3) is 1.22. The van der Waals surface area contributed by atoms with Crippen molar-refractivity contribution in [1.82, 2.24) is 4.98 Å². The Morgan fingerprint density at radius 3 is 3.08 bits per heavy atom. The first-order valence-electron chi connectivity index (χ1n) is 3.51. The van der Waals surface area contributed by atoms with Gasteiger partial charge < -0.3 is 4.84 Å². The zero-order valence-electron chi connectivity index (χ0n) is 6.52. The van der Waals surface area contributed by atoms with Gasteiger partial charge in [-0.3, -0.25) is 0 Å². The number of nitriles is 1. The second-order valence-electron chi connectivity index (χ2n) is 2.35. The molecular formula is C8H5N3OS. The topological polar surface area (TPSA) is 71.9 Å². The van der Waals surface area contributed by atoms with Crippen LogP contribution in [0.5, 0.6) is 5.75 Å². The molecule has 0 aliphatic heterocycles. The van der Waals surface area contributed by atoms with E-state index >= 15 is 0 Å². The number of fused-ring (bicyclic) bond motifs is 1. The summed E-state index contributed by atoms with van der Waals surface area (Å²) in [5, 5.41) is 9.04. The van der Waals surface area contributed by atoms with E-state index in [9.17, 15) is 0 Å². The summed E-state index contributed by atoms with van der Waals surface area (Å²) >= 11 is 1.32. The maximum Gasteiger partial charge on any atom is 0.195 e. The molecule has 5 heteroatoms. The molecule has 2 N–H and O–H groups in total. The molecule has 4 nitrogen and oxygen atoms in total. The van der Waals surface area contributed by atoms with E-state index < -0.39 is 0 Å². The van der Waals surface area contributed by atoms with Crippen LogP contribution in [0.25, 0.3) is 10.2 Å². The van der Waals surface area contributed by atoms with E-state index in [2.05, 4.69) is 9.82 Å². The summed E-state index contributed by atoms with van der Waals surface area (Å²) in [6.45, 7) is 0. The van der Waals surface area contributed by atoms with Gasteiger partial charge >= 0.3 is 0 Å². The van der Waals surface area contributed by atoms with E-state index in [1.807, 2.05) is 18.2 Å². The van der Waals surface area contributed by atoms with Gasteiger partial charge in [0.1, 0.15) is 11.6 Å². The Labute approximate surface area is 78.1 Å². The van der Waals surface area contributed by atoms with Gasteiger partial charge in [-0.25, -0.2) is 4.98 Å². The first kappa shape index (κ1) is 7.98. The molecule has 0 aliphatic carbocycles. The highest BCUT2D eigenvalue weighted by Crippen LogP contribution is 2.28. The molecule has 0 bridgehead atoms. The van der Waals surface area contributed by atoms with Gasteiger partial charge in [0.25, 0.3) is 0 Å². The third-order valence-electron chi connectivity index (χ3n) is 1.60. The summed E-state index contributed by atoms with van der Waals surface area (Å²) in [6.07, 6.45) is 0. The molecule has 2 aromatic rings. The maximum absolute atomic E-state index is 8.63. The van der Waals surface area contributed by atoms with Crippen LogP contribution in [-0.2, 0) is 0 Å². The number of nitrogens with zero attached hydrogens (tertiary/aromatic N) is 2. The number of hydrogen-bond acceptors (Lipinski definition) is 5. The van der Waals surface area contributed by atoms with Gasteiger partial charge in [-0.1, -0.05) is 6.07 Å². The summed E-state index contributed by atoms with van der Waals surface area (Å²) in [6, 6.07) is 7.37. The minimum absolute atomic E-state index is 0.416. The fourth-order valence-electron chi connectivity index (χ4n) is 1.07. The van der Waals surface area contributed by atoms with Crippen LogP contribution in [0.2, 0.25) is 0 Å². The molecule has 0 unspecified atom stereocenters. The van der Waals surface area contributed by atoms with Crippen LogP contribution in [0, 0.1) is 11.3 Å². The van der Waals surface area contributed by atoms with Gasteiger partial charge in [-0.05, 0) is 12.1 Å². The molecule has 0 radical (unpaired) electrons. The Morgan fingerprint density at radius 1 is 1.54 bits per heavy atom. The average molecular weight is 191 g/mol. The SMILES string of the molecule is N#Cc1nc2c(ON)cccc2s1. The van der Waals surface area contributed by atoms with E-state index in [0.29, 0.717) is 16.3 Å². The number of para-hydroxylation sites is 1. The van der Waals surface area contributed by atoms with Crippen molar-refractivity contribution in [2.45, 2.75) is 0 Å². The number of nitrogens with two attached hydrogens (primary N) is 1. The van der Waals surface area contributed by atoms with Gasteiger partial charge in [0.15, 0.2) is 10.8 Å². The van der Waals surface area contributed by atoms with Crippen LogP contribution in [0.3, 0.4) is 0 Å². The molecule has 1 heterocycles. The Bertz CT molecular complexity index is 486. The van der Waals surface area contributed by atoms with Gasteiger partial charge in [0.2, 0.25) is 0 Å². The highest BCUT2D eigenvalue weighted by Gasteiger charge is 2.07. The van der Waals surface area contributed by atoms with Crippen molar-refractivity contribution in [3.63, 3.8) is 0 Å². The van der Waals surface area contributed by atoms with Crippen LogP contribution < -0.4 is 10.7 Å². The van der Waals surface area contributed by atoms with Crippen LogP contribution in [-0.4, -0.2) is 4.98 Å². The number of hydrogen-bond donors (Lipinski definition) is 1. The highest BCUT2D eigenvalue weighted by molar-refractivity contribution is 7.19. The highest BCUT2D eigenvalue weighted by atomic mass is 32.1. The molecule has 0 spiro atoms. The Balaban J connectivity index is 2.76. The van der Waals surface area contributed by atoms with Crippen LogP contribution in [0.1, 0.15) is 5.01 Å². The van der Waals surface area contributed by atoms with Crippen molar-refractivity contribution >= 4 is 21.6 Å². The lowest BCUT2D eigenvalue weighted by Gasteiger charge is -1.96. The molecule has 0 amide bonds.